The molecule has 0 spiro atoms. The van der Waals surface area contributed by atoms with Crippen molar-refractivity contribution in [1.82, 2.24) is 5.43 Å². The third kappa shape index (κ3) is 5.72. The molecule has 0 aliphatic carbocycles. The highest BCUT2D eigenvalue weighted by Gasteiger charge is 2.16. The Morgan fingerprint density at radius 3 is 2.19 bits per heavy atom. The molecule has 0 heterocycles. The lowest BCUT2D eigenvalue weighted by molar-refractivity contribution is 0.0956. The molecular formula is C25H25N3O4. The van der Waals surface area contributed by atoms with Crippen molar-refractivity contribution in [3.8, 4) is 11.5 Å². The molecule has 32 heavy (non-hydrogen) atoms. The lowest BCUT2D eigenvalue weighted by Crippen LogP contribution is -2.21. The molecule has 0 saturated heterocycles. The Hall–Kier alpha value is -4.13. The zero-order chi connectivity index (χ0) is 23.1. The zero-order valence-corrected chi connectivity index (χ0v) is 18.4. The van der Waals surface area contributed by atoms with Crippen LogP contribution in [0.2, 0.25) is 0 Å². The zero-order valence-electron chi connectivity index (χ0n) is 18.4. The first-order chi connectivity index (χ1) is 15.4. The van der Waals surface area contributed by atoms with Gasteiger partial charge in [-0.1, -0.05) is 41.5 Å². The molecule has 0 aliphatic heterocycles. The number of ether oxygens (including phenoxy) is 2. The number of nitrogens with one attached hydrogen (secondary N) is 2. The van der Waals surface area contributed by atoms with Gasteiger partial charge in [-0.15, -0.1) is 0 Å². The number of carbonyl (C=O) groups is 2. The number of carbonyl (C=O) groups excluding carboxylic acids is 2. The summed E-state index contributed by atoms with van der Waals surface area (Å²) < 4.78 is 10.4. The number of hydrogen-bond acceptors (Lipinski definition) is 5. The van der Waals surface area contributed by atoms with Crippen molar-refractivity contribution in [3.63, 3.8) is 0 Å². The summed E-state index contributed by atoms with van der Waals surface area (Å²) in [5.41, 5.74) is 6.37. The first kappa shape index (κ1) is 22.6. The number of hydrazone groups is 1. The van der Waals surface area contributed by atoms with Crippen molar-refractivity contribution >= 4 is 23.7 Å². The maximum absolute atomic E-state index is 12.9. The highest BCUT2D eigenvalue weighted by molar-refractivity contribution is 6.09. The van der Waals surface area contributed by atoms with Gasteiger partial charge in [-0.25, -0.2) is 5.43 Å². The summed E-state index contributed by atoms with van der Waals surface area (Å²) in [6.07, 6.45) is 1.57. The van der Waals surface area contributed by atoms with Crippen LogP contribution in [-0.2, 0) is 0 Å². The SMILES string of the molecule is COc1cc(OC)cc(C(=O)Nc2ccc(C)cc2C(=O)N/N=C\c2cccc(C)c2)c1. The Bertz CT molecular complexity index is 1150. The highest BCUT2D eigenvalue weighted by atomic mass is 16.5. The predicted octanol–water partition coefficient (Wildman–Crippen LogP) is 4.34. The van der Waals surface area contributed by atoms with Crippen molar-refractivity contribution in [2.24, 2.45) is 5.10 Å². The summed E-state index contributed by atoms with van der Waals surface area (Å²) in [6, 6.07) is 17.8. The van der Waals surface area contributed by atoms with Crippen molar-refractivity contribution in [3.05, 3.63) is 88.5 Å². The molecule has 3 aromatic rings. The van der Waals surface area contributed by atoms with Crippen molar-refractivity contribution < 1.29 is 19.1 Å². The van der Waals surface area contributed by atoms with E-state index in [1.54, 1.807) is 36.5 Å². The van der Waals surface area contributed by atoms with Crippen LogP contribution < -0.4 is 20.2 Å². The molecule has 2 amide bonds. The van der Waals surface area contributed by atoms with Gasteiger partial charge in [0.2, 0.25) is 0 Å². The van der Waals surface area contributed by atoms with E-state index in [0.29, 0.717) is 28.3 Å². The van der Waals surface area contributed by atoms with E-state index >= 15 is 0 Å². The normalized spacial score (nSPS) is 10.6. The molecule has 3 aromatic carbocycles. The van der Waals surface area contributed by atoms with Gasteiger partial charge in [0.25, 0.3) is 11.8 Å². The van der Waals surface area contributed by atoms with Crippen molar-refractivity contribution in [1.29, 1.82) is 0 Å². The van der Waals surface area contributed by atoms with Gasteiger partial charge in [0.15, 0.2) is 0 Å². The van der Waals surface area contributed by atoms with Gasteiger partial charge in [-0.2, -0.15) is 5.10 Å². The van der Waals surface area contributed by atoms with Crippen LogP contribution in [0.25, 0.3) is 0 Å². The molecule has 0 aliphatic rings. The van der Waals surface area contributed by atoms with E-state index in [9.17, 15) is 9.59 Å². The summed E-state index contributed by atoms with van der Waals surface area (Å²) in [5.74, 6) is 0.142. The fourth-order valence-electron chi connectivity index (χ4n) is 3.06. The minimum absolute atomic E-state index is 0.301. The fourth-order valence-corrected chi connectivity index (χ4v) is 3.06. The van der Waals surface area contributed by atoms with Crippen LogP contribution in [0, 0.1) is 13.8 Å². The molecule has 7 nitrogen and oxygen atoms in total. The van der Waals surface area contributed by atoms with Gasteiger partial charge >= 0.3 is 0 Å². The second-order valence-electron chi connectivity index (χ2n) is 7.22. The molecule has 164 valence electrons. The average Bonchev–Trinajstić information content (AvgIpc) is 2.79. The van der Waals surface area contributed by atoms with Crippen LogP contribution in [0.5, 0.6) is 11.5 Å². The molecule has 0 atom stereocenters. The Kier molecular flexibility index (Phi) is 7.23. The summed E-state index contributed by atoms with van der Waals surface area (Å²) in [5, 5.41) is 6.83. The monoisotopic (exact) mass is 431 g/mol. The fraction of sp³-hybridized carbons (Fsp3) is 0.160. The van der Waals surface area contributed by atoms with Crippen molar-refractivity contribution in [2.75, 3.05) is 19.5 Å². The van der Waals surface area contributed by atoms with E-state index in [0.717, 1.165) is 16.7 Å². The van der Waals surface area contributed by atoms with E-state index < -0.39 is 11.8 Å². The first-order valence-corrected chi connectivity index (χ1v) is 9.94. The summed E-state index contributed by atoms with van der Waals surface area (Å²) in [4.78, 5) is 25.6. The maximum atomic E-state index is 12.9. The lowest BCUT2D eigenvalue weighted by Gasteiger charge is -2.12. The second kappa shape index (κ2) is 10.3. The van der Waals surface area contributed by atoms with Crippen LogP contribution in [0.1, 0.15) is 37.4 Å². The van der Waals surface area contributed by atoms with E-state index in [1.807, 2.05) is 44.2 Å². The number of nitrogens with zero attached hydrogens (tertiary/aromatic N) is 1. The molecule has 0 fully saturated rings. The van der Waals surface area contributed by atoms with Gasteiger partial charge in [0.1, 0.15) is 11.5 Å². The van der Waals surface area contributed by atoms with Crippen LogP contribution in [0.4, 0.5) is 5.69 Å². The van der Waals surface area contributed by atoms with Gasteiger partial charge in [-0.05, 0) is 43.7 Å². The standard InChI is InChI=1S/C25H25N3O4/c1-16-6-5-7-18(10-16)15-26-28-25(30)22-11-17(2)8-9-23(22)27-24(29)19-12-20(31-3)14-21(13-19)32-4/h5-15H,1-4H3,(H,27,29)(H,28,30)/b26-15-. The largest absolute Gasteiger partial charge is 0.497 e. The van der Waals surface area contributed by atoms with E-state index in [1.165, 1.54) is 14.2 Å². The molecule has 0 aromatic heterocycles. The Labute approximate surface area is 187 Å². The number of hydrogen-bond donors (Lipinski definition) is 2. The van der Waals surface area contributed by atoms with Gasteiger partial charge in [0.05, 0.1) is 31.7 Å². The van der Waals surface area contributed by atoms with Crippen molar-refractivity contribution in [2.45, 2.75) is 13.8 Å². The first-order valence-electron chi connectivity index (χ1n) is 9.94. The number of benzene rings is 3. The molecule has 0 unspecified atom stereocenters. The van der Waals surface area contributed by atoms with E-state index in [2.05, 4.69) is 15.8 Å². The highest BCUT2D eigenvalue weighted by Crippen LogP contribution is 2.24. The third-order valence-corrected chi connectivity index (χ3v) is 4.70. The molecule has 0 saturated carbocycles. The van der Waals surface area contributed by atoms with Gasteiger partial charge in [-0.3, -0.25) is 9.59 Å². The molecule has 3 rings (SSSR count). The predicted molar refractivity (Wildman–Crippen MR) is 125 cm³/mol. The Morgan fingerprint density at radius 1 is 0.844 bits per heavy atom. The Balaban J connectivity index is 1.80. The minimum atomic E-state index is -0.434. The number of aryl methyl sites for hydroxylation is 2. The van der Waals surface area contributed by atoms with E-state index in [4.69, 9.17) is 9.47 Å². The average molecular weight is 431 g/mol. The Morgan fingerprint density at radius 2 is 1.53 bits per heavy atom. The van der Waals surface area contributed by atoms with Crippen LogP contribution in [-0.4, -0.2) is 32.2 Å². The van der Waals surface area contributed by atoms with Gasteiger partial charge < -0.3 is 14.8 Å². The molecule has 7 heteroatoms. The quantitative estimate of drug-likeness (QED) is 0.430. The van der Waals surface area contributed by atoms with E-state index in [-0.39, 0.29) is 0 Å². The van der Waals surface area contributed by atoms with Crippen LogP contribution in [0.15, 0.2) is 65.8 Å². The topological polar surface area (TPSA) is 89.0 Å². The molecule has 2 N–H and O–H groups in total. The second-order valence-corrected chi connectivity index (χ2v) is 7.22. The number of amides is 2. The third-order valence-electron chi connectivity index (χ3n) is 4.70. The molecule has 0 bridgehead atoms. The van der Waals surface area contributed by atoms with Crippen LogP contribution in [0.3, 0.4) is 0 Å². The summed E-state index contributed by atoms with van der Waals surface area (Å²) in [6.45, 7) is 3.85. The van der Waals surface area contributed by atoms with Crippen LogP contribution >= 0.6 is 0 Å². The lowest BCUT2D eigenvalue weighted by atomic mass is 10.1. The number of anilines is 1. The van der Waals surface area contributed by atoms with Gasteiger partial charge in [0, 0.05) is 11.6 Å². The minimum Gasteiger partial charge on any atom is -0.497 e. The molecule has 0 radical (unpaired) electrons. The smallest absolute Gasteiger partial charge is 0.273 e. The molecular weight excluding hydrogens is 406 g/mol. The summed E-state index contributed by atoms with van der Waals surface area (Å²) >= 11 is 0. The number of rotatable bonds is 7. The summed E-state index contributed by atoms with van der Waals surface area (Å²) in [7, 11) is 3.02. The number of methoxy groups -OCH3 is 2. The maximum Gasteiger partial charge on any atom is 0.273 e.